The molecule has 0 spiro atoms. The predicted octanol–water partition coefficient (Wildman–Crippen LogP) is 9.16. The number of carbonyl (C=O) groups excluding carboxylic acids is 4. The van der Waals surface area contributed by atoms with Gasteiger partial charge in [0.15, 0.2) is 0 Å². The maximum atomic E-state index is 14.9. The highest BCUT2D eigenvalue weighted by Gasteiger charge is 2.26. The molecule has 6 aromatic heterocycles. The number of H-pyrrole nitrogens is 3. The Morgan fingerprint density at radius 2 is 1.32 bits per heavy atom. The highest BCUT2D eigenvalue weighted by Crippen LogP contribution is 2.37. The topological polar surface area (TPSA) is 226 Å². The van der Waals surface area contributed by atoms with E-state index < -0.39 is 17.9 Å². The molecule has 0 radical (unpaired) electrons. The maximum Gasteiger partial charge on any atom is 0.328 e. The van der Waals surface area contributed by atoms with Crippen LogP contribution in [0.5, 0.6) is 0 Å². The molecule has 0 fully saturated rings. The molecule has 1 atom stereocenters. The van der Waals surface area contributed by atoms with Crippen LogP contribution in [-0.2, 0) is 63.7 Å². The van der Waals surface area contributed by atoms with Crippen molar-refractivity contribution in [3.05, 3.63) is 167 Å². The number of methoxy groups -OCH3 is 1. The Balaban J connectivity index is 0.992. The number of fused-ring (bicyclic) bond motifs is 10. The van der Waals surface area contributed by atoms with Crippen molar-refractivity contribution in [2.45, 2.75) is 78.7 Å². The van der Waals surface area contributed by atoms with Gasteiger partial charge in [0.25, 0.3) is 0 Å². The first-order valence-electron chi connectivity index (χ1n) is 27.2. The molecule has 0 saturated heterocycles. The van der Waals surface area contributed by atoms with Gasteiger partial charge in [0.1, 0.15) is 17.7 Å². The molecule has 0 unspecified atom stereocenters. The standard InChI is InChI=1S/C63H67N13O5/c1-10-41-36(3)47-29-48-39(6)44(21-23-62(79)76(26-24-58-71-45-16-12-14-18-56(45)74(58)7)27-25-59-72-46-17-13-15-19-57(46)75(59)8)54(69-48)32-53-43(38(5)50(70-53)31-52-42(11-2)37(4)49(68-52)30-51(41)67-47)20-22-60(77)65-34-61(78)73-55(63(80)81-9)28-40-33-64-35-66-40/h10-19,29-33,35,55,68,70H,1-2,20-28,34H2,3-9H3,(H,64,66)(H,65,77)(H,73,78)/t55-/m0/s1. The van der Waals surface area contributed by atoms with Crippen molar-refractivity contribution in [1.82, 2.24) is 64.5 Å². The average Bonchev–Trinajstić information content (AvgIpc) is 4.42. The molecule has 18 heteroatoms. The molecule has 8 aromatic rings. The Hall–Kier alpha value is -9.45. The van der Waals surface area contributed by atoms with Gasteiger partial charge in [-0.05, 0) is 122 Å². The smallest absolute Gasteiger partial charge is 0.328 e. The first-order valence-corrected chi connectivity index (χ1v) is 27.2. The van der Waals surface area contributed by atoms with E-state index in [1.807, 2.05) is 107 Å². The Bertz CT molecular complexity index is 3970. The fraction of sp³-hybridized carbons (Fsp3) is 0.286. The quantitative estimate of drug-likeness (QED) is 0.0455. The van der Waals surface area contributed by atoms with Crippen LogP contribution in [0.15, 0.2) is 105 Å². The zero-order valence-electron chi connectivity index (χ0n) is 46.9. The highest BCUT2D eigenvalue weighted by atomic mass is 16.5. The maximum absolute atomic E-state index is 14.9. The monoisotopic (exact) mass is 1090 g/mol. The molecule has 0 saturated carbocycles. The van der Waals surface area contributed by atoms with E-state index in [1.165, 1.54) is 13.4 Å². The zero-order valence-corrected chi connectivity index (χ0v) is 46.9. The number of hydrogen-bond acceptors (Lipinski definition) is 10. The van der Waals surface area contributed by atoms with Crippen molar-refractivity contribution in [3.8, 4) is 0 Å². The molecule has 81 heavy (non-hydrogen) atoms. The minimum Gasteiger partial charge on any atom is -0.467 e. The number of ether oxygens (including phenoxy) is 1. The summed E-state index contributed by atoms with van der Waals surface area (Å²) in [4.78, 5) is 90.8. The number of imidazole rings is 3. The summed E-state index contributed by atoms with van der Waals surface area (Å²) in [5.41, 5.74) is 18.1. The summed E-state index contributed by atoms with van der Waals surface area (Å²) >= 11 is 0. The molecule has 8 heterocycles. The number of allylic oxidation sites excluding steroid dienone is 5. The van der Waals surface area contributed by atoms with Crippen LogP contribution in [0.2, 0.25) is 0 Å². The average molecular weight is 1090 g/mol. The van der Waals surface area contributed by atoms with Crippen molar-refractivity contribution < 1.29 is 23.9 Å². The summed E-state index contributed by atoms with van der Waals surface area (Å²) in [5.74, 6) is 0.260. The Morgan fingerprint density at radius 1 is 0.691 bits per heavy atom. The van der Waals surface area contributed by atoms with Crippen molar-refractivity contribution >= 4 is 96.2 Å². The molecule has 0 aliphatic carbocycles. The fourth-order valence-corrected chi connectivity index (χ4v) is 11.1. The van der Waals surface area contributed by atoms with Crippen LogP contribution < -0.4 is 10.6 Å². The lowest BCUT2D eigenvalue weighted by Gasteiger charge is -2.23. The summed E-state index contributed by atoms with van der Waals surface area (Å²) in [5, 5.41) is 5.41. The van der Waals surface area contributed by atoms with E-state index in [1.54, 1.807) is 6.20 Å². The van der Waals surface area contributed by atoms with Crippen LogP contribution in [0.1, 0.15) is 95.5 Å². The number of aromatic amines is 3. The number of esters is 1. The number of aromatic nitrogens is 10. The van der Waals surface area contributed by atoms with Crippen LogP contribution in [0, 0.1) is 13.8 Å². The summed E-state index contributed by atoms with van der Waals surface area (Å²) < 4.78 is 9.13. The Labute approximate surface area is 469 Å². The number of benzene rings is 2. The van der Waals surface area contributed by atoms with E-state index in [-0.39, 0.29) is 37.6 Å². The molecule has 2 aliphatic rings. The number of aryl methyl sites for hydroxylation is 5. The van der Waals surface area contributed by atoms with Crippen molar-refractivity contribution in [2.24, 2.45) is 14.1 Å². The number of nitrogens with zero attached hydrogens (tertiary/aromatic N) is 8. The second-order valence-corrected chi connectivity index (χ2v) is 20.7. The number of amides is 3. The molecule has 5 N–H and O–H groups in total. The lowest BCUT2D eigenvalue weighted by atomic mass is 9.99. The summed E-state index contributed by atoms with van der Waals surface area (Å²) in [6, 6.07) is 23.3. The number of rotatable bonds is 20. The molecular formula is C63H67N13O5. The second kappa shape index (κ2) is 23.5. The van der Waals surface area contributed by atoms with Gasteiger partial charge in [0.05, 0.1) is 64.8 Å². The summed E-state index contributed by atoms with van der Waals surface area (Å²) in [7, 11) is 5.29. The van der Waals surface area contributed by atoms with Crippen molar-refractivity contribution in [3.63, 3.8) is 0 Å². The Kier molecular flexibility index (Phi) is 15.9. The van der Waals surface area contributed by atoms with Crippen molar-refractivity contribution in [1.29, 1.82) is 0 Å². The van der Waals surface area contributed by atoms with Gasteiger partial charge < -0.3 is 44.4 Å². The molecular weight excluding hydrogens is 1020 g/mol. The van der Waals surface area contributed by atoms with Gasteiger partial charge in [-0.2, -0.15) is 0 Å². The van der Waals surface area contributed by atoms with Crippen LogP contribution in [0.3, 0.4) is 0 Å². The molecule has 10 rings (SSSR count). The lowest BCUT2D eigenvalue weighted by Crippen LogP contribution is -2.47. The fourth-order valence-electron chi connectivity index (χ4n) is 11.1. The zero-order chi connectivity index (χ0) is 57.1. The van der Waals surface area contributed by atoms with E-state index in [2.05, 4.69) is 78.0 Å². The van der Waals surface area contributed by atoms with E-state index in [0.29, 0.717) is 50.2 Å². The number of para-hydroxylation sites is 4. The molecule has 2 aromatic carbocycles. The van der Waals surface area contributed by atoms with Gasteiger partial charge in [-0.15, -0.1) is 0 Å². The van der Waals surface area contributed by atoms with Gasteiger partial charge in [-0.3, -0.25) is 14.4 Å². The number of carbonyl (C=O) groups is 4. The van der Waals surface area contributed by atoms with E-state index in [9.17, 15) is 19.2 Å². The normalized spacial score (nSPS) is 12.8. The van der Waals surface area contributed by atoms with Crippen LogP contribution in [-0.4, -0.2) is 110 Å². The third-order valence-corrected chi connectivity index (χ3v) is 15.8. The first-order chi connectivity index (χ1) is 39.1. The van der Waals surface area contributed by atoms with Crippen LogP contribution >= 0.6 is 0 Å². The molecule has 414 valence electrons. The highest BCUT2D eigenvalue weighted by molar-refractivity contribution is 5.99. The van der Waals surface area contributed by atoms with Gasteiger partial charge in [0, 0.05) is 104 Å². The molecule has 18 nitrogen and oxygen atoms in total. The van der Waals surface area contributed by atoms with E-state index in [4.69, 9.17) is 24.7 Å². The number of hydrogen-bond donors (Lipinski definition) is 5. The van der Waals surface area contributed by atoms with E-state index >= 15 is 0 Å². The predicted molar refractivity (Wildman–Crippen MR) is 318 cm³/mol. The molecule has 8 bridgehead atoms. The SMILES string of the molecule is C=CC1=C(C)c2cc3nc(cc4[nH]c(cc5[nH]c(cc1n2)c(C)c5C=C)c(C)c4CCC(=O)NCC(=O)N[C@@H](Cc1cnc[nH]1)C(=O)OC)C(CCC(=O)N(CCc1nc2ccccc2n1C)CCc1nc2ccccc2n1C)=C3C. The van der Waals surface area contributed by atoms with Gasteiger partial charge in [-0.25, -0.2) is 29.7 Å². The van der Waals surface area contributed by atoms with E-state index in [0.717, 1.165) is 117 Å². The molecule has 3 amide bonds. The largest absolute Gasteiger partial charge is 0.467 e. The first kappa shape index (κ1) is 54.9. The van der Waals surface area contributed by atoms with Crippen LogP contribution in [0.25, 0.3) is 72.5 Å². The third-order valence-electron chi connectivity index (χ3n) is 15.8. The van der Waals surface area contributed by atoms with Crippen LogP contribution in [0.4, 0.5) is 0 Å². The minimum atomic E-state index is -0.982. The summed E-state index contributed by atoms with van der Waals surface area (Å²) in [6.07, 6.45) is 8.92. The van der Waals surface area contributed by atoms with Gasteiger partial charge >= 0.3 is 5.97 Å². The van der Waals surface area contributed by atoms with Gasteiger partial charge in [-0.1, -0.05) is 49.6 Å². The lowest BCUT2D eigenvalue weighted by molar-refractivity contribution is -0.145. The van der Waals surface area contributed by atoms with Gasteiger partial charge in [0.2, 0.25) is 17.7 Å². The molecule has 2 aliphatic heterocycles. The Morgan fingerprint density at radius 3 is 1.95 bits per heavy atom. The third kappa shape index (κ3) is 11.4. The minimum absolute atomic E-state index is 0.00239. The second-order valence-electron chi connectivity index (χ2n) is 20.7. The summed E-state index contributed by atoms with van der Waals surface area (Å²) in [6.45, 7) is 17.1. The van der Waals surface area contributed by atoms with Crippen molar-refractivity contribution in [2.75, 3.05) is 26.7 Å². The number of nitrogens with one attached hydrogen (secondary N) is 5.